The van der Waals surface area contributed by atoms with Gasteiger partial charge in [0.2, 0.25) is 17.8 Å². The highest BCUT2D eigenvalue weighted by Crippen LogP contribution is 2.13. The van der Waals surface area contributed by atoms with Crippen molar-refractivity contribution in [2.24, 2.45) is 0 Å². The zero-order valence-electron chi connectivity index (χ0n) is 13.5. The minimum absolute atomic E-state index is 0.0322. The summed E-state index contributed by atoms with van der Waals surface area (Å²) in [5.41, 5.74) is 0. The molecule has 2 N–H and O–H groups in total. The van der Waals surface area contributed by atoms with Gasteiger partial charge in [-0.3, -0.25) is 4.79 Å². The molecule has 1 unspecified atom stereocenters. The minimum Gasteiger partial charge on any atom is -0.461 e. The third kappa shape index (κ3) is 5.05. The first-order chi connectivity index (χ1) is 9.87. The number of carbonyl (C=O) groups excluding carboxylic acids is 1. The Morgan fingerprint density at radius 3 is 2.38 bits per heavy atom. The van der Waals surface area contributed by atoms with Gasteiger partial charge in [-0.15, -0.1) is 0 Å². The first-order valence-corrected chi connectivity index (χ1v) is 6.99. The third-order valence-electron chi connectivity index (χ3n) is 2.75. The van der Waals surface area contributed by atoms with Crippen molar-refractivity contribution < 1.29 is 9.53 Å². The Bertz CT molecular complexity index is 480. The molecule has 1 aromatic rings. The van der Waals surface area contributed by atoms with Gasteiger partial charge >= 0.3 is 6.01 Å². The van der Waals surface area contributed by atoms with Crippen LogP contribution >= 0.6 is 0 Å². The lowest BCUT2D eigenvalue weighted by Gasteiger charge is -2.20. The van der Waals surface area contributed by atoms with Gasteiger partial charge in [0.25, 0.3) is 0 Å². The van der Waals surface area contributed by atoms with Crippen LogP contribution in [0, 0.1) is 0 Å². The van der Waals surface area contributed by atoms with Crippen molar-refractivity contribution in [2.75, 3.05) is 31.3 Å². The molecule has 1 heterocycles. The summed E-state index contributed by atoms with van der Waals surface area (Å²) in [4.78, 5) is 26.1. The molecule has 1 rings (SSSR count). The van der Waals surface area contributed by atoms with Gasteiger partial charge in [0.15, 0.2) is 0 Å². The predicted octanol–water partition coefficient (Wildman–Crippen LogP) is 0.979. The molecule has 0 aliphatic heterocycles. The Hall–Kier alpha value is -2.12. The summed E-state index contributed by atoms with van der Waals surface area (Å²) >= 11 is 0. The van der Waals surface area contributed by atoms with Crippen LogP contribution in [0.3, 0.4) is 0 Å². The molecule has 8 nitrogen and oxygen atoms in total. The summed E-state index contributed by atoms with van der Waals surface area (Å²) in [6, 6.07) is -0.218. The molecule has 0 aliphatic carbocycles. The van der Waals surface area contributed by atoms with Gasteiger partial charge in [-0.05, 0) is 27.7 Å². The highest BCUT2D eigenvalue weighted by atomic mass is 16.5. The minimum atomic E-state index is -0.436. The van der Waals surface area contributed by atoms with Crippen LogP contribution in [0.5, 0.6) is 6.01 Å². The van der Waals surface area contributed by atoms with Crippen LogP contribution in [0.15, 0.2) is 0 Å². The van der Waals surface area contributed by atoms with Gasteiger partial charge in [0.1, 0.15) is 6.04 Å². The number of anilines is 2. The zero-order valence-corrected chi connectivity index (χ0v) is 13.5. The van der Waals surface area contributed by atoms with E-state index in [2.05, 4.69) is 25.6 Å². The lowest BCUT2D eigenvalue weighted by atomic mass is 10.3. The van der Waals surface area contributed by atoms with E-state index in [1.807, 2.05) is 20.8 Å². The molecule has 0 aromatic carbocycles. The molecular formula is C13H24N6O2. The Labute approximate surface area is 125 Å². The topological polar surface area (TPSA) is 92.3 Å². The molecule has 8 heteroatoms. The van der Waals surface area contributed by atoms with E-state index < -0.39 is 6.04 Å². The maximum atomic E-state index is 12.0. The lowest BCUT2D eigenvalue weighted by Crippen LogP contribution is -2.39. The fraction of sp³-hybridized carbons (Fsp3) is 0.692. The van der Waals surface area contributed by atoms with Crippen LogP contribution in [-0.4, -0.2) is 58.5 Å². The van der Waals surface area contributed by atoms with Crippen molar-refractivity contribution >= 4 is 17.8 Å². The summed E-state index contributed by atoms with van der Waals surface area (Å²) in [5, 5.41) is 5.81. The van der Waals surface area contributed by atoms with E-state index in [1.54, 1.807) is 25.9 Å². The van der Waals surface area contributed by atoms with Gasteiger partial charge < -0.3 is 20.3 Å². The van der Waals surface area contributed by atoms with Crippen molar-refractivity contribution in [3.8, 4) is 6.01 Å². The SMILES string of the molecule is CCN(C)C(=O)C(C)Nc1nc(NC)nc(OC(C)C)n1. The first kappa shape index (κ1) is 16.9. The van der Waals surface area contributed by atoms with E-state index >= 15 is 0 Å². The quantitative estimate of drug-likeness (QED) is 0.774. The van der Waals surface area contributed by atoms with Crippen molar-refractivity contribution in [3.05, 3.63) is 0 Å². The van der Waals surface area contributed by atoms with Crippen molar-refractivity contribution in [1.29, 1.82) is 0 Å². The standard InChI is InChI=1S/C13H24N6O2/c1-7-19(6)10(20)9(4)15-12-16-11(14-5)17-13(18-12)21-8(2)3/h8-9H,7H2,1-6H3,(H2,14,15,16,17,18). The van der Waals surface area contributed by atoms with E-state index in [-0.39, 0.29) is 18.0 Å². The molecule has 0 fully saturated rings. The Kier molecular flexibility index (Phi) is 6.13. The van der Waals surface area contributed by atoms with Crippen LogP contribution in [0.1, 0.15) is 27.7 Å². The number of ether oxygens (including phenoxy) is 1. The Morgan fingerprint density at radius 1 is 1.24 bits per heavy atom. The molecular weight excluding hydrogens is 272 g/mol. The smallest absolute Gasteiger partial charge is 0.323 e. The summed E-state index contributed by atoms with van der Waals surface area (Å²) in [7, 11) is 3.46. The van der Waals surface area contributed by atoms with E-state index in [4.69, 9.17) is 4.74 Å². The second-order valence-electron chi connectivity index (χ2n) is 4.90. The summed E-state index contributed by atoms with van der Waals surface area (Å²) in [6.07, 6.45) is -0.0461. The number of hydrogen-bond acceptors (Lipinski definition) is 7. The number of hydrogen-bond donors (Lipinski definition) is 2. The van der Waals surface area contributed by atoms with Crippen LogP contribution in [-0.2, 0) is 4.79 Å². The van der Waals surface area contributed by atoms with Crippen LogP contribution in [0.2, 0.25) is 0 Å². The summed E-state index contributed by atoms with van der Waals surface area (Å²) in [6.45, 7) is 8.10. The third-order valence-corrected chi connectivity index (χ3v) is 2.75. The second-order valence-corrected chi connectivity index (χ2v) is 4.90. The molecule has 1 amide bonds. The van der Waals surface area contributed by atoms with Crippen LogP contribution < -0.4 is 15.4 Å². The maximum Gasteiger partial charge on any atom is 0.323 e. The van der Waals surface area contributed by atoms with E-state index in [0.717, 1.165) is 0 Å². The molecule has 1 atom stereocenters. The fourth-order valence-electron chi connectivity index (χ4n) is 1.54. The largest absolute Gasteiger partial charge is 0.461 e. The number of nitrogens with one attached hydrogen (secondary N) is 2. The molecule has 21 heavy (non-hydrogen) atoms. The van der Waals surface area contributed by atoms with Crippen LogP contribution in [0.25, 0.3) is 0 Å². The van der Waals surface area contributed by atoms with E-state index in [1.165, 1.54) is 0 Å². The molecule has 0 saturated carbocycles. The number of likely N-dealkylation sites (N-methyl/N-ethyl adjacent to an activating group) is 1. The summed E-state index contributed by atoms with van der Waals surface area (Å²) < 4.78 is 5.47. The average molecular weight is 296 g/mol. The average Bonchev–Trinajstić information content (AvgIpc) is 2.44. The Morgan fingerprint density at radius 2 is 1.86 bits per heavy atom. The van der Waals surface area contributed by atoms with Gasteiger partial charge in [-0.2, -0.15) is 15.0 Å². The van der Waals surface area contributed by atoms with Gasteiger partial charge in [0, 0.05) is 20.6 Å². The Balaban J connectivity index is 2.89. The normalized spacial score (nSPS) is 12.0. The number of nitrogens with zero attached hydrogens (tertiary/aromatic N) is 4. The summed E-state index contributed by atoms with van der Waals surface area (Å²) in [5.74, 6) is 0.650. The van der Waals surface area contributed by atoms with E-state index in [9.17, 15) is 4.79 Å². The van der Waals surface area contributed by atoms with E-state index in [0.29, 0.717) is 18.4 Å². The molecule has 0 spiro atoms. The van der Waals surface area contributed by atoms with Gasteiger partial charge in [-0.1, -0.05) is 0 Å². The number of rotatable bonds is 7. The fourth-order valence-corrected chi connectivity index (χ4v) is 1.54. The maximum absolute atomic E-state index is 12.0. The highest BCUT2D eigenvalue weighted by molar-refractivity contribution is 5.83. The molecule has 0 aliphatic rings. The van der Waals surface area contributed by atoms with Crippen molar-refractivity contribution in [3.63, 3.8) is 0 Å². The van der Waals surface area contributed by atoms with Crippen molar-refractivity contribution in [2.45, 2.75) is 39.8 Å². The molecule has 118 valence electrons. The van der Waals surface area contributed by atoms with Gasteiger partial charge in [0.05, 0.1) is 6.10 Å². The van der Waals surface area contributed by atoms with Crippen LogP contribution in [0.4, 0.5) is 11.9 Å². The zero-order chi connectivity index (χ0) is 16.0. The van der Waals surface area contributed by atoms with Gasteiger partial charge in [-0.25, -0.2) is 0 Å². The molecule has 0 bridgehead atoms. The first-order valence-electron chi connectivity index (χ1n) is 6.99. The number of carbonyl (C=O) groups is 1. The predicted molar refractivity (Wildman–Crippen MR) is 81.5 cm³/mol. The number of amides is 1. The van der Waals surface area contributed by atoms with Crippen molar-refractivity contribution in [1.82, 2.24) is 19.9 Å². The molecule has 1 aromatic heterocycles. The second kappa shape index (κ2) is 7.61. The molecule has 0 saturated heterocycles. The lowest BCUT2D eigenvalue weighted by molar-refractivity contribution is -0.130. The molecule has 0 radical (unpaired) electrons. The number of aromatic nitrogens is 3. The monoisotopic (exact) mass is 296 g/mol. The highest BCUT2D eigenvalue weighted by Gasteiger charge is 2.18.